The molecule has 23 heavy (non-hydrogen) atoms. The molecule has 6 nitrogen and oxygen atoms in total. The lowest BCUT2D eigenvalue weighted by Gasteiger charge is -2.11. The average molecular weight is 354 g/mol. The summed E-state index contributed by atoms with van der Waals surface area (Å²) in [4.78, 5) is 22.4. The fourth-order valence-electron chi connectivity index (χ4n) is 1.75. The molecule has 0 radical (unpaired) electrons. The van der Waals surface area contributed by atoms with E-state index < -0.39 is 0 Å². The molecule has 2 aromatic rings. The Hall–Kier alpha value is -1.89. The molecule has 0 spiro atoms. The highest BCUT2D eigenvalue weighted by atomic mass is 35.5. The summed E-state index contributed by atoms with van der Waals surface area (Å²) >= 11 is 11.8. The summed E-state index contributed by atoms with van der Waals surface area (Å²) in [6, 6.07) is 6.47. The van der Waals surface area contributed by atoms with E-state index in [0.717, 1.165) is 13.1 Å². The summed E-state index contributed by atoms with van der Waals surface area (Å²) in [7, 11) is 3.97. The number of rotatable bonds is 6. The van der Waals surface area contributed by atoms with Gasteiger partial charge in [-0.3, -0.25) is 4.79 Å². The monoisotopic (exact) mass is 353 g/mol. The molecule has 1 amide bonds. The van der Waals surface area contributed by atoms with E-state index in [4.69, 9.17) is 23.2 Å². The Kier molecular flexibility index (Phi) is 6.15. The van der Waals surface area contributed by atoms with Crippen LogP contribution in [0.3, 0.4) is 0 Å². The zero-order valence-electron chi connectivity index (χ0n) is 12.8. The van der Waals surface area contributed by atoms with Gasteiger partial charge in [-0.15, -0.1) is 0 Å². The van der Waals surface area contributed by atoms with E-state index in [1.54, 1.807) is 24.3 Å². The van der Waals surface area contributed by atoms with Gasteiger partial charge in [-0.25, -0.2) is 9.97 Å². The highest BCUT2D eigenvalue weighted by Crippen LogP contribution is 2.25. The van der Waals surface area contributed by atoms with Crippen molar-refractivity contribution in [2.45, 2.75) is 0 Å². The van der Waals surface area contributed by atoms with Crippen LogP contribution in [-0.2, 0) is 0 Å². The van der Waals surface area contributed by atoms with Gasteiger partial charge in [0.05, 0.1) is 10.0 Å². The maximum Gasteiger partial charge on any atom is 0.274 e. The molecule has 8 heteroatoms. The molecule has 1 heterocycles. The van der Waals surface area contributed by atoms with Crippen LogP contribution in [0.25, 0.3) is 0 Å². The van der Waals surface area contributed by atoms with Crippen molar-refractivity contribution in [2.75, 3.05) is 37.8 Å². The third-order valence-electron chi connectivity index (χ3n) is 2.94. The summed E-state index contributed by atoms with van der Waals surface area (Å²) in [6.07, 6.45) is 1.35. The fraction of sp³-hybridized carbons (Fsp3) is 0.267. The Labute approximate surface area is 144 Å². The van der Waals surface area contributed by atoms with Gasteiger partial charge in [0.15, 0.2) is 0 Å². The minimum atomic E-state index is -0.346. The van der Waals surface area contributed by atoms with Gasteiger partial charge in [0.2, 0.25) is 0 Å². The molecule has 0 bridgehead atoms. The van der Waals surface area contributed by atoms with Crippen molar-refractivity contribution in [1.29, 1.82) is 0 Å². The van der Waals surface area contributed by atoms with Gasteiger partial charge in [-0.1, -0.05) is 23.2 Å². The molecule has 0 atom stereocenters. The summed E-state index contributed by atoms with van der Waals surface area (Å²) in [5.41, 5.74) is 0.809. The summed E-state index contributed by atoms with van der Waals surface area (Å²) in [6.45, 7) is 1.58. The number of carbonyl (C=O) groups is 1. The molecule has 2 rings (SSSR count). The second-order valence-corrected chi connectivity index (χ2v) is 5.92. The van der Waals surface area contributed by atoms with Crippen LogP contribution in [0, 0.1) is 0 Å². The lowest BCUT2D eigenvalue weighted by Crippen LogP contribution is -2.21. The molecular formula is C15H17Cl2N5O. The van der Waals surface area contributed by atoms with E-state index >= 15 is 0 Å². The van der Waals surface area contributed by atoms with Gasteiger partial charge in [0.1, 0.15) is 17.8 Å². The molecule has 0 aliphatic heterocycles. The van der Waals surface area contributed by atoms with Gasteiger partial charge in [0.25, 0.3) is 5.91 Å². The first-order chi connectivity index (χ1) is 11.0. The van der Waals surface area contributed by atoms with Crippen molar-refractivity contribution in [3.8, 4) is 0 Å². The van der Waals surface area contributed by atoms with E-state index in [1.807, 2.05) is 19.0 Å². The number of aromatic nitrogens is 2. The number of amides is 1. The predicted octanol–water partition coefficient (Wildman–Crippen LogP) is 3.01. The lowest BCUT2D eigenvalue weighted by atomic mass is 10.3. The van der Waals surface area contributed by atoms with E-state index in [1.165, 1.54) is 6.33 Å². The van der Waals surface area contributed by atoms with Gasteiger partial charge in [-0.05, 0) is 32.3 Å². The number of carbonyl (C=O) groups excluding carboxylic acids is 1. The number of nitrogens with zero attached hydrogens (tertiary/aromatic N) is 3. The lowest BCUT2D eigenvalue weighted by molar-refractivity contribution is 0.102. The number of hydrogen-bond acceptors (Lipinski definition) is 5. The van der Waals surface area contributed by atoms with Crippen molar-refractivity contribution in [1.82, 2.24) is 14.9 Å². The third-order valence-corrected chi connectivity index (χ3v) is 3.68. The standard InChI is InChI=1S/C15H17Cl2N5O/c1-22(2)6-5-18-14-8-13(19-9-20-14)15(23)21-10-3-4-11(16)12(17)7-10/h3-4,7-9H,5-6H2,1-2H3,(H,21,23)(H,18,19,20). The second-order valence-electron chi connectivity index (χ2n) is 5.10. The first-order valence-electron chi connectivity index (χ1n) is 6.93. The maximum atomic E-state index is 12.2. The zero-order valence-corrected chi connectivity index (χ0v) is 14.3. The predicted molar refractivity (Wildman–Crippen MR) is 93.5 cm³/mol. The molecule has 0 unspecified atom stereocenters. The number of halogens is 2. The Morgan fingerprint density at radius 1 is 1.17 bits per heavy atom. The van der Waals surface area contributed by atoms with Gasteiger partial charge in [0, 0.05) is 24.8 Å². The van der Waals surface area contributed by atoms with Crippen molar-refractivity contribution < 1.29 is 4.79 Å². The van der Waals surface area contributed by atoms with Gasteiger partial charge >= 0.3 is 0 Å². The number of nitrogens with one attached hydrogen (secondary N) is 2. The summed E-state index contributed by atoms with van der Waals surface area (Å²) in [5.74, 6) is 0.252. The topological polar surface area (TPSA) is 70.2 Å². The Balaban J connectivity index is 2.02. The SMILES string of the molecule is CN(C)CCNc1cc(C(=O)Nc2ccc(Cl)c(Cl)c2)ncn1. The van der Waals surface area contributed by atoms with Crippen LogP contribution in [0.1, 0.15) is 10.5 Å². The van der Waals surface area contributed by atoms with Crippen LogP contribution in [0.5, 0.6) is 0 Å². The average Bonchev–Trinajstić information content (AvgIpc) is 2.51. The second kappa shape index (κ2) is 8.10. The molecule has 1 aromatic carbocycles. The zero-order chi connectivity index (χ0) is 16.8. The van der Waals surface area contributed by atoms with E-state index in [9.17, 15) is 4.79 Å². The molecule has 0 fully saturated rings. The number of benzene rings is 1. The van der Waals surface area contributed by atoms with Crippen molar-refractivity contribution in [3.63, 3.8) is 0 Å². The van der Waals surface area contributed by atoms with Crippen molar-refractivity contribution in [3.05, 3.63) is 46.3 Å². The van der Waals surface area contributed by atoms with Crippen LogP contribution in [0.4, 0.5) is 11.5 Å². The quantitative estimate of drug-likeness (QED) is 0.835. The minimum absolute atomic E-state index is 0.262. The van der Waals surface area contributed by atoms with E-state index in [-0.39, 0.29) is 11.6 Å². The molecule has 0 saturated carbocycles. The van der Waals surface area contributed by atoms with Crippen LogP contribution >= 0.6 is 23.2 Å². The Morgan fingerprint density at radius 3 is 2.65 bits per heavy atom. The van der Waals surface area contributed by atoms with Crippen LogP contribution in [0.2, 0.25) is 10.0 Å². The molecular weight excluding hydrogens is 337 g/mol. The maximum absolute atomic E-state index is 12.2. The first kappa shape index (κ1) is 17.5. The molecule has 1 aromatic heterocycles. The van der Waals surface area contributed by atoms with Crippen LogP contribution in [0.15, 0.2) is 30.6 Å². The third kappa shape index (κ3) is 5.35. The summed E-state index contributed by atoms with van der Waals surface area (Å²) in [5, 5.41) is 6.66. The minimum Gasteiger partial charge on any atom is -0.369 e. The summed E-state index contributed by atoms with van der Waals surface area (Å²) < 4.78 is 0. The molecule has 0 saturated heterocycles. The van der Waals surface area contributed by atoms with Gasteiger partial charge < -0.3 is 15.5 Å². The normalized spacial score (nSPS) is 10.7. The largest absolute Gasteiger partial charge is 0.369 e. The van der Waals surface area contributed by atoms with Crippen LogP contribution in [-0.4, -0.2) is 48.0 Å². The van der Waals surface area contributed by atoms with E-state index in [2.05, 4.69) is 20.6 Å². The highest BCUT2D eigenvalue weighted by molar-refractivity contribution is 6.42. The van der Waals surface area contributed by atoms with Crippen molar-refractivity contribution in [2.24, 2.45) is 0 Å². The molecule has 0 aliphatic carbocycles. The van der Waals surface area contributed by atoms with Gasteiger partial charge in [-0.2, -0.15) is 0 Å². The fourth-order valence-corrected chi connectivity index (χ4v) is 2.05. The highest BCUT2D eigenvalue weighted by Gasteiger charge is 2.10. The number of anilines is 2. The molecule has 122 valence electrons. The Morgan fingerprint density at radius 2 is 1.96 bits per heavy atom. The smallest absolute Gasteiger partial charge is 0.274 e. The van der Waals surface area contributed by atoms with Crippen molar-refractivity contribution >= 4 is 40.6 Å². The van der Waals surface area contributed by atoms with E-state index in [0.29, 0.717) is 21.6 Å². The number of likely N-dealkylation sites (N-methyl/N-ethyl adjacent to an activating group) is 1. The number of hydrogen-bond donors (Lipinski definition) is 2. The van der Waals surface area contributed by atoms with Crippen LogP contribution < -0.4 is 10.6 Å². The molecule has 0 aliphatic rings. The molecule has 2 N–H and O–H groups in total. The first-order valence-corrected chi connectivity index (χ1v) is 7.68. The Bertz CT molecular complexity index is 693.